The van der Waals surface area contributed by atoms with Gasteiger partial charge < -0.3 is 24.8 Å². The molecule has 4 rings (SSSR count). The van der Waals surface area contributed by atoms with Gasteiger partial charge >= 0.3 is 6.09 Å². The Balaban J connectivity index is 1.42. The van der Waals surface area contributed by atoms with Gasteiger partial charge in [-0.15, -0.1) is 0 Å². The molecule has 4 aromatic rings. The Labute approximate surface area is 239 Å². The summed E-state index contributed by atoms with van der Waals surface area (Å²) in [6.45, 7) is 10.1. The minimum Gasteiger partial charge on any atom is -0.497 e. The summed E-state index contributed by atoms with van der Waals surface area (Å²) in [4.78, 5) is 34.2. The molecular formula is C30H36N6O5. The SMILES string of the molecule is CCc1n[nH]c2nc(-c3cc(NC(=O)c4cc(OC)cc(OCCCNC(=O)OC(C)(C)C)c4)cnc3C)ccc12. The average molecular weight is 561 g/mol. The molecule has 0 saturated heterocycles. The molecule has 0 unspecified atom stereocenters. The summed E-state index contributed by atoms with van der Waals surface area (Å²) >= 11 is 0. The van der Waals surface area contributed by atoms with E-state index in [1.165, 1.54) is 7.11 Å². The monoisotopic (exact) mass is 560 g/mol. The lowest BCUT2D eigenvalue weighted by Gasteiger charge is -2.19. The van der Waals surface area contributed by atoms with Crippen LogP contribution in [0, 0.1) is 6.92 Å². The summed E-state index contributed by atoms with van der Waals surface area (Å²) < 4.78 is 16.4. The first kappa shape index (κ1) is 29.3. The number of nitrogens with zero attached hydrogens (tertiary/aromatic N) is 3. The lowest BCUT2D eigenvalue weighted by Crippen LogP contribution is -2.33. The quantitative estimate of drug-likeness (QED) is 0.218. The van der Waals surface area contributed by atoms with Crippen molar-refractivity contribution in [3.05, 3.63) is 59.5 Å². The molecule has 0 saturated carbocycles. The number of nitrogens with one attached hydrogen (secondary N) is 3. The molecule has 3 aromatic heterocycles. The Morgan fingerprint density at radius 2 is 1.85 bits per heavy atom. The van der Waals surface area contributed by atoms with E-state index < -0.39 is 11.7 Å². The van der Waals surface area contributed by atoms with Gasteiger partial charge in [0.25, 0.3) is 5.91 Å². The molecule has 41 heavy (non-hydrogen) atoms. The Morgan fingerprint density at radius 3 is 2.59 bits per heavy atom. The molecule has 0 aliphatic carbocycles. The first-order valence-corrected chi connectivity index (χ1v) is 13.5. The first-order valence-electron chi connectivity index (χ1n) is 13.5. The number of rotatable bonds is 10. The van der Waals surface area contributed by atoms with Crippen LogP contribution < -0.4 is 20.1 Å². The van der Waals surface area contributed by atoms with Crippen LogP contribution in [-0.4, -0.2) is 58.0 Å². The number of aromatic nitrogens is 4. The van der Waals surface area contributed by atoms with Gasteiger partial charge in [-0.3, -0.25) is 14.9 Å². The van der Waals surface area contributed by atoms with E-state index in [-0.39, 0.29) is 5.91 Å². The highest BCUT2D eigenvalue weighted by molar-refractivity contribution is 6.05. The van der Waals surface area contributed by atoms with Gasteiger partial charge in [-0.1, -0.05) is 6.92 Å². The van der Waals surface area contributed by atoms with Crippen molar-refractivity contribution in [3.8, 4) is 22.8 Å². The van der Waals surface area contributed by atoms with E-state index in [0.717, 1.165) is 34.5 Å². The number of carbonyl (C=O) groups excluding carboxylic acids is 2. The highest BCUT2D eigenvalue weighted by Gasteiger charge is 2.16. The fourth-order valence-electron chi connectivity index (χ4n) is 4.11. The summed E-state index contributed by atoms with van der Waals surface area (Å²) in [5.74, 6) is 0.602. The number of fused-ring (bicyclic) bond motifs is 1. The van der Waals surface area contributed by atoms with Crippen molar-refractivity contribution in [1.29, 1.82) is 0 Å². The van der Waals surface area contributed by atoms with E-state index in [1.54, 1.807) is 45.2 Å². The maximum Gasteiger partial charge on any atom is 0.407 e. The van der Waals surface area contributed by atoms with E-state index in [9.17, 15) is 9.59 Å². The molecule has 2 amide bonds. The number of hydrogen-bond acceptors (Lipinski definition) is 8. The van der Waals surface area contributed by atoms with Crippen LogP contribution in [0.15, 0.2) is 42.6 Å². The highest BCUT2D eigenvalue weighted by atomic mass is 16.6. The first-order chi connectivity index (χ1) is 19.6. The number of aryl methyl sites for hydroxylation is 2. The lowest BCUT2D eigenvalue weighted by atomic mass is 10.1. The number of ether oxygens (including phenoxy) is 3. The maximum atomic E-state index is 13.2. The van der Waals surface area contributed by atoms with Crippen molar-refractivity contribution in [2.75, 3.05) is 25.6 Å². The molecule has 0 aliphatic heterocycles. The van der Waals surface area contributed by atoms with Crippen LogP contribution in [-0.2, 0) is 11.2 Å². The predicted molar refractivity (Wildman–Crippen MR) is 157 cm³/mol. The third-order valence-corrected chi connectivity index (χ3v) is 6.09. The van der Waals surface area contributed by atoms with E-state index >= 15 is 0 Å². The molecule has 3 heterocycles. The fraction of sp³-hybridized carbons (Fsp3) is 0.367. The molecule has 11 heteroatoms. The normalized spacial score (nSPS) is 11.3. The number of aromatic amines is 1. The largest absolute Gasteiger partial charge is 0.497 e. The molecule has 0 spiro atoms. The van der Waals surface area contributed by atoms with E-state index in [2.05, 4.69) is 25.8 Å². The number of pyridine rings is 2. The van der Waals surface area contributed by atoms with Crippen LogP contribution in [0.2, 0.25) is 0 Å². The van der Waals surface area contributed by atoms with E-state index in [0.29, 0.717) is 48.0 Å². The van der Waals surface area contributed by atoms with Crippen molar-refractivity contribution in [1.82, 2.24) is 25.5 Å². The zero-order chi connectivity index (χ0) is 29.6. The van der Waals surface area contributed by atoms with Crippen LogP contribution in [0.3, 0.4) is 0 Å². The minimum atomic E-state index is -0.557. The van der Waals surface area contributed by atoms with Crippen LogP contribution in [0.1, 0.15) is 55.9 Å². The van der Waals surface area contributed by atoms with Gasteiger partial charge in [-0.2, -0.15) is 5.10 Å². The number of H-pyrrole nitrogens is 1. The summed E-state index contributed by atoms with van der Waals surface area (Å²) in [6, 6.07) is 10.7. The second kappa shape index (κ2) is 12.7. The van der Waals surface area contributed by atoms with Crippen molar-refractivity contribution < 1.29 is 23.8 Å². The van der Waals surface area contributed by atoms with Gasteiger partial charge in [0.2, 0.25) is 0 Å². The van der Waals surface area contributed by atoms with Crippen molar-refractivity contribution >= 4 is 28.7 Å². The highest BCUT2D eigenvalue weighted by Crippen LogP contribution is 2.28. The molecule has 0 radical (unpaired) electrons. The van der Waals surface area contributed by atoms with Gasteiger partial charge in [-0.25, -0.2) is 9.78 Å². The van der Waals surface area contributed by atoms with E-state index in [1.807, 2.05) is 32.0 Å². The fourth-order valence-corrected chi connectivity index (χ4v) is 4.11. The molecule has 1 aromatic carbocycles. The summed E-state index contributed by atoms with van der Waals surface area (Å²) in [5.41, 5.74) is 4.30. The zero-order valence-electron chi connectivity index (χ0n) is 24.3. The summed E-state index contributed by atoms with van der Waals surface area (Å²) in [7, 11) is 1.52. The molecule has 216 valence electrons. The molecular weight excluding hydrogens is 524 g/mol. The van der Waals surface area contributed by atoms with Gasteiger partial charge in [-0.05, 0) is 70.9 Å². The standard InChI is InChI=1S/C30H36N6O5/c1-7-25-23-9-10-26(34-27(23)36-35-25)24-15-20(17-32-18(24)2)33-28(37)19-13-21(39-6)16-22(14-19)40-12-8-11-31-29(38)41-30(3,4)5/h9-10,13-17H,7-8,11-12H2,1-6H3,(H,31,38)(H,33,37)(H,34,35,36). The number of carbonyl (C=O) groups is 2. The number of anilines is 1. The van der Waals surface area contributed by atoms with Crippen LogP contribution in [0.5, 0.6) is 11.5 Å². The Hall–Kier alpha value is -4.67. The number of methoxy groups -OCH3 is 1. The van der Waals surface area contributed by atoms with Crippen LogP contribution in [0.25, 0.3) is 22.3 Å². The molecule has 3 N–H and O–H groups in total. The Kier molecular flexibility index (Phi) is 9.06. The lowest BCUT2D eigenvalue weighted by molar-refractivity contribution is 0.0525. The smallest absolute Gasteiger partial charge is 0.407 e. The van der Waals surface area contributed by atoms with Gasteiger partial charge in [0.15, 0.2) is 5.65 Å². The molecule has 0 atom stereocenters. The van der Waals surface area contributed by atoms with Crippen molar-refractivity contribution in [2.24, 2.45) is 0 Å². The second-order valence-corrected chi connectivity index (χ2v) is 10.5. The average Bonchev–Trinajstić information content (AvgIpc) is 3.35. The van der Waals surface area contributed by atoms with E-state index in [4.69, 9.17) is 19.2 Å². The topological polar surface area (TPSA) is 140 Å². The van der Waals surface area contributed by atoms with Gasteiger partial charge in [0.1, 0.15) is 17.1 Å². The minimum absolute atomic E-state index is 0.322. The van der Waals surface area contributed by atoms with Crippen LogP contribution in [0.4, 0.5) is 10.5 Å². The third-order valence-electron chi connectivity index (χ3n) is 6.09. The molecule has 11 nitrogen and oxygen atoms in total. The number of amides is 2. The van der Waals surface area contributed by atoms with Gasteiger partial charge in [0.05, 0.1) is 37.0 Å². The van der Waals surface area contributed by atoms with Crippen molar-refractivity contribution in [2.45, 2.75) is 53.1 Å². The van der Waals surface area contributed by atoms with Gasteiger partial charge in [0, 0.05) is 34.8 Å². The molecule has 0 aliphatic rings. The molecule has 0 bridgehead atoms. The number of benzene rings is 1. The maximum absolute atomic E-state index is 13.2. The predicted octanol–water partition coefficient (Wildman–Crippen LogP) is 5.45. The zero-order valence-corrected chi connectivity index (χ0v) is 24.3. The summed E-state index contributed by atoms with van der Waals surface area (Å²) in [5, 5.41) is 13.9. The Bertz CT molecular complexity index is 1540. The number of hydrogen-bond donors (Lipinski definition) is 3. The molecule has 0 fully saturated rings. The summed E-state index contributed by atoms with van der Waals surface area (Å²) in [6.07, 6.45) is 2.49. The van der Waals surface area contributed by atoms with Crippen molar-refractivity contribution in [3.63, 3.8) is 0 Å². The second-order valence-electron chi connectivity index (χ2n) is 10.5. The third kappa shape index (κ3) is 7.71. The van der Waals surface area contributed by atoms with Crippen LogP contribution >= 0.6 is 0 Å². The number of alkyl carbamates (subject to hydrolysis) is 1. The Morgan fingerprint density at radius 1 is 1.07 bits per heavy atom.